The number of imidazole rings is 1. The fraction of sp³-hybridized carbons (Fsp3) is 0.500. The summed E-state index contributed by atoms with van der Waals surface area (Å²) in [5, 5.41) is 0. The zero-order valence-corrected chi connectivity index (χ0v) is 20.7. The van der Waals surface area contributed by atoms with Crippen LogP contribution < -0.4 is 16.1 Å². The summed E-state index contributed by atoms with van der Waals surface area (Å²) >= 11 is 0. The van der Waals surface area contributed by atoms with E-state index in [1.165, 1.54) is 28.4 Å². The summed E-state index contributed by atoms with van der Waals surface area (Å²) in [6.45, 7) is 10.1. The second-order valence-corrected chi connectivity index (χ2v) is 8.27. The van der Waals surface area contributed by atoms with Gasteiger partial charge in [0, 0.05) is 52.5 Å². The lowest BCUT2D eigenvalue weighted by molar-refractivity contribution is 0.251. The maximum atomic E-state index is 12.5. The van der Waals surface area contributed by atoms with Crippen LogP contribution in [0.1, 0.15) is 17.5 Å². The summed E-state index contributed by atoms with van der Waals surface area (Å²) in [5.74, 6) is 0. The molecule has 1 aliphatic rings. The fourth-order valence-corrected chi connectivity index (χ4v) is 4.18. The van der Waals surface area contributed by atoms with E-state index in [4.69, 9.17) is 0 Å². The lowest BCUT2D eigenvalue weighted by Crippen LogP contribution is -2.46. The summed E-state index contributed by atoms with van der Waals surface area (Å²) in [4.78, 5) is 33.8. The predicted octanol–water partition coefficient (Wildman–Crippen LogP) is 2.11. The number of anilines is 1. The molecule has 1 aliphatic heterocycles. The monoisotopic (exact) mass is 482 g/mol. The Morgan fingerprint density at radius 2 is 1.59 bits per heavy atom. The van der Waals surface area contributed by atoms with E-state index in [2.05, 4.69) is 46.8 Å². The molecule has 32 heavy (non-hydrogen) atoms. The van der Waals surface area contributed by atoms with Gasteiger partial charge < -0.3 is 9.47 Å². The first-order valence-electron chi connectivity index (χ1n) is 10.5. The highest BCUT2D eigenvalue weighted by Crippen LogP contribution is 2.20. The Balaban J connectivity index is 0.00000181. The Labute approximate surface area is 200 Å². The van der Waals surface area contributed by atoms with Crippen molar-refractivity contribution in [1.29, 1.82) is 0 Å². The standard InChI is InChI=1S/C22H30N6O2.2ClH/c1-16-6-7-18(14-17(16)2)27-12-10-26(11-13-27)8-5-9-28-15-23-20-19(28)21(29)25(4)22(30)24(20)3;;/h6-7,14-15H,5,8-13H2,1-4H3;2*1H. The van der Waals surface area contributed by atoms with Gasteiger partial charge in [0.05, 0.1) is 6.33 Å². The van der Waals surface area contributed by atoms with Gasteiger partial charge in [0.2, 0.25) is 0 Å². The average Bonchev–Trinajstić information content (AvgIpc) is 3.17. The Hall–Kier alpha value is -2.29. The minimum absolute atomic E-state index is 0. The molecule has 2 aromatic heterocycles. The maximum Gasteiger partial charge on any atom is 0.332 e. The molecule has 1 saturated heterocycles. The molecule has 4 rings (SSSR count). The molecule has 8 nitrogen and oxygen atoms in total. The Morgan fingerprint density at radius 3 is 2.25 bits per heavy atom. The molecule has 3 aromatic rings. The van der Waals surface area contributed by atoms with Gasteiger partial charge in [-0.05, 0) is 50.1 Å². The quantitative estimate of drug-likeness (QED) is 0.556. The van der Waals surface area contributed by atoms with E-state index < -0.39 is 0 Å². The van der Waals surface area contributed by atoms with E-state index in [-0.39, 0.29) is 36.1 Å². The van der Waals surface area contributed by atoms with Crippen LogP contribution in [0.5, 0.6) is 0 Å². The van der Waals surface area contributed by atoms with Crippen molar-refractivity contribution in [2.75, 3.05) is 37.6 Å². The van der Waals surface area contributed by atoms with Crippen molar-refractivity contribution in [3.8, 4) is 0 Å². The predicted molar refractivity (Wildman–Crippen MR) is 134 cm³/mol. The van der Waals surface area contributed by atoms with Crippen molar-refractivity contribution in [1.82, 2.24) is 23.6 Å². The zero-order valence-electron chi connectivity index (χ0n) is 19.1. The molecule has 176 valence electrons. The largest absolute Gasteiger partial charge is 0.369 e. The van der Waals surface area contributed by atoms with Crippen LogP contribution >= 0.6 is 24.8 Å². The van der Waals surface area contributed by atoms with E-state index in [1.54, 1.807) is 13.4 Å². The number of benzene rings is 1. The molecule has 3 heterocycles. The van der Waals surface area contributed by atoms with Gasteiger partial charge in [-0.15, -0.1) is 24.8 Å². The maximum absolute atomic E-state index is 12.5. The number of halogens is 2. The number of hydrogen-bond acceptors (Lipinski definition) is 5. The molecule has 0 aliphatic carbocycles. The van der Waals surface area contributed by atoms with Crippen LogP contribution in [0.25, 0.3) is 11.2 Å². The highest BCUT2D eigenvalue weighted by molar-refractivity contribution is 5.85. The van der Waals surface area contributed by atoms with Gasteiger partial charge in [0.25, 0.3) is 5.56 Å². The lowest BCUT2D eigenvalue weighted by atomic mass is 10.1. The molecule has 0 atom stereocenters. The molecule has 0 bridgehead atoms. The van der Waals surface area contributed by atoms with Crippen LogP contribution in [0.15, 0.2) is 34.1 Å². The Morgan fingerprint density at radius 1 is 0.906 bits per heavy atom. The van der Waals surface area contributed by atoms with Crippen LogP contribution in [-0.4, -0.2) is 56.3 Å². The summed E-state index contributed by atoms with van der Waals surface area (Å²) in [6.07, 6.45) is 2.60. The molecule has 1 fully saturated rings. The van der Waals surface area contributed by atoms with Gasteiger partial charge >= 0.3 is 5.69 Å². The molecule has 10 heteroatoms. The van der Waals surface area contributed by atoms with Crippen molar-refractivity contribution >= 4 is 41.7 Å². The molecular formula is C22H32Cl2N6O2. The highest BCUT2D eigenvalue weighted by Gasteiger charge is 2.18. The second kappa shape index (κ2) is 10.6. The summed E-state index contributed by atoms with van der Waals surface area (Å²) in [5.41, 5.74) is 4.30. The van der Waals surface area contributed by atoms with Crippen molar-refractivity contribution in [3.05, 3.63) is 56.5 Å². The van der Waals surface area contributed by atoms with Gasteiger partial charge in [-0.3, -0.25) is 18.8 Å². The summed E-state index contributed by atoms with van der Waals surface area (Å²) in [7, 11) is 3.16. The SMILES string of the molecule is Cc1ccc(N2CCN(CCCn3cnc4c3c(=O)n(C)c(=O)n4C)CC2)cc1C.Cl.Cl. The summed E-state index contributed by atoms with van der Waals surface area (Å²) in [6, 6.07) is 6.70. The Bertz CT molecular complexity index is 1190. The van der Waals surface area contributed by atoms with E-state index in [0.29, 0.717) is 17.7 Å². The molecule has 0 spiro atoms. The van der Waals surface area contributed by atoms with E-state index in [9.17, 15) is 9.59 Å². The molecule has 0 radical (unpaired) electrons. The van der Waals surface area contributed by atoms with Gasteiger partial charge in [0.1, 0.15) is 0 Å². The van der Waals surface area contributed by atoms with E-state index >= 15 is 0 Å². The number of fused-ring (bicyclic) bond motifs is 1. The topological polar surface area (TPSA) is 68.3 Å². The number of nitrogens with zero attached hydrogens (tertiary/aromatic N) is 6. The number of aryl methyl sites for hydroxylation is 4. The number of piperazine rings is 1. The Kier molecular flexibility index (Phi) is 8.56. The molecular weight excluding hydrogens is 451 g/mol. The summed E-state index contributed by atoms with van der Waals surface area (Å²) < 4.78 is 4.45. The number of aromatic nitrogens is 4. The molecule has 0 amide bonds. The van der Waals surface area contributed by atoms with Crippen LogP contribution in [0, 0.1) is 13.8 Å². The fourth-order valence-electron chi connectivity index (χ4n) is 4.18. The smallest absolute Gasteiger partial charge is 0.332 e. The molecule has 0 N–H and O–H groups in total. The third kappa shape index (κ3) is 4.87. The van der Waals surface area contributed by atoms with Crippen molar-refractivity contribution in [3.63, 3.8) is 0 Å². The first-order valence-corrected chi connectivity index (χ1v) is 10.5. The molecule has 0 saturated carbocycles. The second-order valence-electron chi connectivity index (χ2n) is 8.27. The average molecular weight is 483 g/mol. The van der Waals surface area contributed by atoms with Crippen LogP contribution in [0.4, 0.5) is 5.69 Å². The minimum atomic E-state index is -0.348. The van der Waals surface area contributed by atoms with Crippen molar-refractivity contribution < 1.29 is 0 Å². The van der Waals surface area contributed by atoms with Crippen molar-refractivity contribution in [2.24, 2.45) is 14.1 Å². The van der Waals surface area contributed by atoms with E-state index in [0.717, 1.165) is 43.7 Å². The first kappa shape index (κ1) is 26.0. The van der Waals surface area contributed by atoms with Crippen molar-refractivity contribution in [2.45, 2.75) is 26.8 Å². The van der Waals surface area contributed by atoms with Crippen LogP contribution in [-0.2, 0) is 20.6 Å². The number of rotatable bonds is 5. The van der Waals surface area contributed by atoms with Crippen LogP contribution in [0.2, 0.25) is 0 Å². The normalized spacial score (nSPS) is 14.3. The van der Waals surface area contributed by atoms with Gasteiger partial charge in [-0.1, -0.05) is 6.07 Å². The molecule has 0 unspecified atom stereocenters. The lowest BCUT2D eigenvalue weighted by Gasteiger charge is -2.36. The van der Waals surface area contributed by atoms with Gasteiger partial charge in [0.15, 0.2) is 11.2 Å². The molecule has 1 aromatic carbocycles. The van der Waals surface area contributed by atoms with Gasteiger partial charge in [-0.2, -0.15) is 0 Å². The zero-order chi connectivity index (χ0) is 21.4. The minimum Gasteiger partial charge on any atom is -0.369 e. The number of hydrogen-bond donors (Lipinski definition) is 0. The highest BCUT2D eigenvalue weighted by atomic mass is 35.5. The van der Waals surface area contributed by atoms with Crippen LogP contribution in [0.3, 0.4) is 0 Å². The third-order valence-corrected chi connectivity index (χ3v) is 6.32. The first-order chi connectivity index (χ1) is 14.4. The third-order valence-electron chi connectivity index (χ3n) is 6.32. The van der Waals surface area contributed by atoms with Gasteiger partial charge in [-0.25, -0.2) is 9.78 Å². The van der Waals surface area contributed by atoms with E-state index in [1.807, 2.05) is 4.57 Å².